The van der Waals surface area contributed by atoms with E-state index in [0.717, 1.165) is 12.2 Å². The number of nitrogens with one attached hydrogen (secondary N) is 6. The molecule has 0 saturated carbocycles. The van der Waals surface area contributed by atoms with E-state index in [0.29, 0.717) is 67.8 Å². The van der Waals surface area contributed by atoms with Crippen LogP contribution in [0.2, 0.25) is 0 Å². The fourth-order valence-electron chi connectivity index (χ4n) is 10.4. The summed E-state index contributed by atoms with van der Waals surface area (Å²) < 4.78 is 28.2. The lowest BCUT2D eigenvalue weighted by atomic mass is 9.81. The Kier molecular flexibility index (Phi) is 16.7. The molecule has 4 aromatic rings. The van der Waals surface area contributed by atoms with Gasteiger partial charge in [-0.05, 0) is 68.4 Å². The molecule has 8 rings (SSSR count). The summed E-state index contributed by atoms with van der Waals surface area (Å²) in [4.78, 5) is 149. The largest absolute Gasteiger partial charge is 0.480 e. The van der Waals surface area contributed by atoms with Crippen LogP contribution < -0.4 is 37.5 Å². The number of aliphatic carboxylic acids is 1. The number of halogens is 1. The first-order chi connectivity index (χ1) is 37.9. The predicted molar refractivity (Wildman–Crippen MR) is 278 cm³/mol. The molecule has 0 spiro atoms. The maximum atomic E-state index is 15.6. The highest BCUT2D eigenvalue weighted by molar-refractivity contribution is 6.15. The summed E-state index contributed by atoms with van der Waals surface area (Å²) in [6.45, 7) is 2.48. The Morgan fingerprint density at radius 2 is 1.56 bits per heavy atom. The van der Waals surface area contributed by atoms with E-state index in [2.05, 4.69) is 31.9 Å². The molecule has 2 aromatic carbocycles. The van der Waals surface area contributed by atoms with Crippen molar-refractivity contribution in [2.24, 2.45) is 0 Å². The smallest absolute Gasteiger partial charge is 0.343 e. The molecule has 8 N–H and O–H groups in total. The zero-order valence-corrected chi connectivity index (χ0v) is 44.3. The van der Waals surface area contributed by atoms with E-state index in [4.69, 9.17) is 19.6 Å². The lowest BCUT2D eigenvalue weighted by Crippen LogP contribution is -2.56. The van der Waals surface area contributed by atoms with Crippen LogP contribution in [0, 0.1) is 12.7 Å². The number of carbonyl (C=O) groups excluding carboxylic acids is 9. The Labute approximate surface area is 455 Å². The second kappa shape index (κ2) is 23.3. The van der Waals surface area contributed by atoms with Gasteiger partial charge in [0.1, 0.15) is 36.8 Å². The van der Waals surface area contributed by atoms with Crippen molar-refractivity contribution in [3.63, 3.8) is 0 Å². The number of ether oxygens (including phenoxy) is 2. The summed E-state index contributed by atoms with van der Waals surface area (Å²) in [5.41, 5.74) is 0.0819. The van der Waals surface area contributed by atoms with Crippen LogP contribution in [0.5, 0.6) is 0 Å². The van der Waals surface area contributed by atoms with Crippen molar-refractivity contribution in [3.8, 4) is 11.4 Å². The number of carboxylic acid groups (broad SMARTS) is 1. The maximum absolute atomic E-state index is 15.6. The lowest BCUT2D eigenvalue weighted by Gasteiger charge is -2.38. The number of cyclic esters (lactones) is 1. The fraction of sp³-hybridized carbons (Fsp3) is 0.407. The van der Waals surface area contributed by atoms with Gasteiger partial charge < -0.3 is 61.1 Å². The van der Waals surface area contributed by atoms with Crippen molar-refractivity contribution in [1.29, 1.82) is 0 Å². The van der Waals surface area contributed by atoms with Crippen molar-refractivity contribution in [3.05, 3.63) is 110 Å². The van der Waals surface area contributed by atoms with Gasteiger partial charge in [-0.25, -0.2) is 14.2 Å². The van der Waals surface area contributed by atoms with E-state index in [1.165, 1.54) is 29.4 Å². The van der Waals surface area contributed by atoms with Gasteiger partial charge in [0.15, 0.2) is 5.60 Å². The second-order valence-corrected chi connectivity index (χ2v) is 20.1. The summed E-state index contributed by atoms with van der Waals surface area (Å²) in [6.07, 6.45) is 2.49. The van der Waals surface area contributed by atoms with Crippen LogP contribution in [0.1, 0.15) is 78.6 Å². The topological polar surface area (TPSA) is 343 Å². The van der Waals surface area contributed by atoms with E-state index in [9.17, 15) is 57.8 Å². The molecule has 5 heterocycles. The average molecular weight is 1110 g/mol. The van der Waals surface area contributed by atoms with E-state index in [-0.39, 0.29) is 37.1 Å². The van der Waals surface area contributed by atoms with Crippen molar-refractivity contribution >= 4 is 70.1 Å². The third-order valence-corrected chi connectivity index (χ3v) is 14.7. The number of hydrogen-bond acceptors (Lipinski definition) is 16. The van der Waals surface area contributed by atoms with Gasteiger partial charge in [-0.15, -0.1) is 0 Å². The summed E-state index contributed by atoms with van der Waals surface area (Å²) in [5.74, 6) is -8.95. The number of rotatable bonds is 22. The van der Waals surface area contributed by atoms with Gasteiger partial charge in [0.05, 0.1) is 61.2 Å². The van der Waals surface area contributed by atoms with Crippen LogP contribution in [0.4, 0.5) is 4.39 Å². The highest BCUT2D eigenvalue weighted by Gasteiger charge is 2.47. The number of nitrogens with zero attached hydrogens (tertiary/aromatic N) is 4. The third-order valence-electron chi connectivity index (χ3n) is 14.7. The Morgan fingerprint density at radius 3 is 2.24 bits per heavy atom. The van der Waals surface area contributed by atoms with Crippen LogP contribution in [-0.2, 0) is 89.0 Å². The number of pyridine rings is 2. The molecule has 25 nitrogen and oxygen atoms in total. The minimum Gasteiger partial charge on any atom is -0.480 e. The number of hydrogen-bond donors (Lipinski definition) is 8. The molecule has 422 valence electrons. The number of aliphatic hydroxyl groups is 1. The number of aryl methyl sites for hydroxylation is 1. The van der Waals surface area contributed by atoms with Gasteiger partial charge in [0.25, 0.3) is 23.3 Å². The monoisotopic (exact) mass is 1110 g/mol. The molecular weight excluding hydrogens is 1050 g/mol. The van der Waals surface area contributed by atoms with Crippen LogP contribution in [0.3, 0.4) is 0 Å². The number of amides is 8. The molecule has 80 heavy (non-hydrogen) atoms. The van der Waals surface area contributed by atoms with Gasteiger partial charge in [-0.2, -0.15) is 0 Å². The molecule has 4 aliphatic rings. The van der Waals surface area contributed by atoms with Gasteiger partial charge in [0.2, 0.25) is 29.5 Å². The highest BCUT2D eigenvalue weighted by atomic mass is 19.1. The fourth-order valence-corrected chi connectivity index (χ4v) is 10.4. The molecule has 0 bridgehead atoms. The van der Waals surface area contributed by atoms with Crippen LogP contribution >= 0.6 is 0 Å². The normalized spacial score (nSPS) is 17.6. The lowest BCUT2D eigenvalue weighted by molar-refractivity contribution is -0.172. The molecule has 8 amide bonds. The summed E-state index contributed by atoms with van der Waals surface area (Å²) in [6, 6.07) is 8.02. The first kappa shape index (κ1) is 57.4. The minimum atomic E-state index is -2.08. The van der Waals surface area contributed by atoms with Crippen LogP contribution in [-0.4, -0.2) is 153 Å². The molecular formula is C54H59FN10O15. The van der Waals surface area contributed by atoms with Crippen LogP contribution in [0.15, 0.2) is 59.4 Å². The number of imide groups is 1. The van der Waals surface area contributed by atoms with Gasteiger partial charge in [-0.3, -0.25) is 52.8 Å². The molecule has 26 heteroatoms. The third kappa shape index (κ3) is 11.5. The molecule has 4 atom stereocenters. The van der Waals surface area contributed by atoms with E-state index < -0.39 is 139 Å². The SMILES string of the molecule is CC[C@@]1(O)C(=O)OCc2c1cc1n(c2=O)Cc2c-1nc1cc(F)c(C)c3c1c2C(N(C)C(=O)C(C)(C)OCNC(=O)CNC(=O)[C@H](Cc1ccccc1)NC(=O)CNC(=O)CNC(=O)[C@H](CNCC(=O)O)N1C(=O)C=CC1=O)CC3. The number of carboxylic acids is 1. The summed E-state index contributed by atoms with van der Waals surface area (Å²) in [5, 5.41) is 35.5. The van der Waals surface area contributed by atoms with Gasteiger partial charge in [0, 0.05) is 54.7 Å². The Balaban J connectivity index is 0.876. The molecule has 0 fully saturated rings. The number of aromatic nitrogens is 2. The van der Waals surface area contributed by atoms with Crippen molar-refractivity contribution in [2.45, 2.75) is 95.9 Å². The minimum absolute atomic E-state index is 0.0285. The molecule has 1 aliphatic carbocycles. The molecule has 3 aliphatic heterocycles. The van der Waals surface area contributed by atoms with E-state index in [1.54, 1.807) is 57.3 Å². The van der Waals surface area contributed by atoms with Crippen molar-refractivity contribution in [1.82, 2.24) is 51.3 Å². The molecule has 2 aromatic heterocycles. The summed E-state index contributed by atoms with van der Waals surface area (Å²) >= 11 is 0. The Morgan fingerprint density at radius 1 is 0.900 bits per heavy atom. The van der Waals surface area contributed by atoms with Gasteiger partial charge >= 0.3 is 11.9 Å². The Bertz CT molecular complexity index is 3350. The van der Waals surface area contributed by atoms with Crippen molar-refractivity contribution < 1.29 is 72.0 Å². The first-order valence-corrected chi connectivity index (χ1v) is 25.6. The van der Waals surface area contributed by atoms with Crippen molar-refractivity contribution in [2.75, 3.05) is 46.5 Å². The number of esters is 1. The maximum Gasteiger partial charge on any atom is 0.343 e. The second-order valence-electron chi connectivity index (χ2n) is 20.1. The molecule has 0 saturated heterocycles. The number of benzene rings is 2. The van der Waals surface area contributed by atoms with E-state index in [1.807, 2.05) is 0 Å². The average Bonchev–Trinajstić information content (AvgIpc) is 4.19. The standard InChI is InChI=1S/C54H59FN10O15/c1-6-54(78)32-17-37-47-30(24-64(37)50(75)31(32)25-79-52(54)77)46-36(13-12-29-27(2)33(55)18-34(62-47)45(29)46)63(5)51(76)53(3,4)80-26-60-40(67)21-58-48(73)35(16-28-10-8-7-9-11-28)61-41(68)22-57-39(66)20-59-49(74)38(19-56-23-44(71)72)65-42(69)14-15-43(65)70/h7-11,14-15,17-18,35-36,38,56,78H,6,12-13,16,19-26H2,1-5H3,(H,57,66)(H,58,73)(H,59,74)(H,60,67)(H,61,68)(H,71,72)/t35-,36?,38-,54-/m0/s1. The number of fused-ring (bicyclic) bond motifs is 5. The van der Waals surface area contributed by atoms with Crippen LogP contribution in [0.25, 0.3) is 22.3 Å². The number of carbonyl (C=O) groups is 10. The zero-order chi connectivity index (χ0) is 58.0. The molecule has 1 unspecified atom stereocenters. The number of likely N-dealkylation sites (N-methyl/N-ethyl adjacent to an activating group) is 1. The summed E-state index contributed by atoms with van der Waals surface area (Å²) in [7, 11) is 1.59. The molecule has 0 radical (unpaired) electrons. The quantitative estimate of drug-likeness (QED) is 0.0231. The first-order valence-electron chi connectivity index (χ1n) is 25.6. The predicted octanol–water partition coefficient (Wildman–Crippen LogP) is -1.11. The Hall–Kier alpha value is -8.75. The van der Waals surface area contributed by atoms with E-state index >= 15 is 4.39 Å². The zero-order valence-electron chi connectivity index (χ0n) is 44.3. The highest BCUT2D eigenvalue weighted by Crippen LogP contribution is 2.47. The van der Waals surface area contributed by atoms with Gasteiger partial charge in [-0.1, -0.05) is 37.3 Å².